The summed E-state index contributed by atoms with van der Waals surface area (Å²) in [5, 5.41) is 4.56. The molecule has 0 aromatic carbocycles. The molecule has 1 saturated heterocycles. The largest absolute Gasteiger partial charge is 0.419 e. The van der Waals surface area contributed by atoms with Crippen LogP contribution in [-0.4, -0.2) is 38.7 Å². The Bertz CT molecular complexity index is 924. The first-order chi connectivity index (χ1) is 13.1. The zero-order valence-corrected chi connectivity index (χ0v) is 15.9. The molecule has 1 saturated carbocycles. The van der Waals surface area contributed by atoms with Crippen molar-refractivity contribution in [2.45, 2.75) is 38.9 Å². The maximum Gasteiger partial charge on any atom is 0.419 e. The van der Waals surface area contributed by atoms with Gasteiger partial charge < -0.3 is 10.6 Å². The predicted octanol–water partition coefficient (Wildman–Crippen LogP) is 3.32. The second-order valence-electron chi connectivity index (χ2n) is 7.92. The van der Waals surface area contributed by atoms with Crippen LogP contribution in [0.4, 0.5) is 19.0 Å². The highest BCUT2D eigenvalue weighted by Gasteiger charge is 2.58. The molecule has 1 amide bonds. The number of nitrogens with zero attached hydrogens (tertiary/aromatic N) is 4. The number of piperidine rings is 1. The number of carbonyl (C=O) groups excluding carboxylic acids is 1. The third kappa shape index (κ3) is 3.02. The minimum atomic E-state index is -4.57. The lowest BCUT2D eigenvalue weighted by Gasteiger charge is -2.19. The summed E-state index contributed by atoms with van der Waals surface area (Å²) in [6.07, 6.45) is -3.24. The number of alkyl halides is 3. The van der Waals surface area contributed by atoms with E-state index < -0.39 is 17.6 Å². The van der Waals surface area contributed by atoms with E-state index in [1.165, 1.54) is 6.20 Å². The second kappa shape index (κ2) is 6.22. The molecule has 0 radical (unpaired) electrons. The first kappa shape index (κ1) is 18.8. The second-order valence-corrected chi connectivity index (χ2v) is 7.92. The molecule has 2 aliphatic rings. The molecule has 1 aliphatic heterocycles. The number of halogens is 3. The van der Waals surface area contributed by atoms with Crippen LogP contribution < -0.4 is 5.73 Å². The Labute approximate surface area is 160 Å². The summed E-state index contributed by atoms with van der Waals surface area (Å²) in [5.74, 6) is 0.600. The van der Waals surface area contributed by atoms with Gasteiger partial charge in [0.1, 0.15) is 5.82 Å². The first-order valence-corrected chi connectivity index (χ1v) is 9.26. The van der Waals surface area contributed by atoms with Crippen LogP contribution in [0.25, 0.3) is 11.3 Å². The summed E-state index contributed by atoms with van der Waals surface area (Å²) >= 11 is 0. The van der Waals surface area contributed by atoms with Crippen LogP contribution in [0.1, 0.15) is 44.0 Å². The number of hydrogen-bond donors (Lipinski definition) is 1. The van der Waals surface area contributed by atoms with E-state index in [0.29, 0.717) is 23.1 Å². The molecule has 1 aliphatic carbocycles. The highest BCUT2D eigenvalue weighted by Crippen LogP contribution is 2.58. The number of fused-ring (bicyclic) bond motifs is 1. The molecule has 3 heterocycles. The molecule has 28 heavy (non-hydrogen) atoms. The number of amides is 1. The van der Waals surface area contributed by atoms with Crippen molar-refractivity contribution in [1.82, 2.24) is 19.7 Å². The van der Waals surface area contributed by atoms with E-state index in [9.17, 15) is 18.0 Å². The quantitative estimate of drug-likeness (QED) is 0.868. The maximum atomic E-state index is 13.2. The van der Waals surface area contributed by atoms with Crippen molar-refractivity contribution >= 4 is 11.7 Å². The molecule has 0 spiro atoms. The Morgan fingerprint density at radius 2 is 1.89 bits per heavy atom. The zero-order chi connectivity index (χ0) is 20.4. The van der Waals surface area contributed by atoms with Gasteiger partial charge in [0, 0.05) is 49.4 Å². The van der Waals surface area contributed by atoms with Gasteiger partial charge in [-0.1, -0.05) is 0 Å². The van der Waals surface area contributed by atoms with Crippen molar-refractivity contribution in [2.75, 3.05) is 18.8 Å². The highest BCUT2D eigenvalue weighted by molar-refractivity contribution is 5.74. The molecule has 3 atom stereocenters. The van der Waals surface area contributed by atoms with Crippen LogP contribution >= 0.6 is 0 Å². The monoisotopic (exact) mass is 393 g/mol. The standard InChI is InChI=1S/C19H22F3N5O/c1-9(2)27-16(17-12-7-26(10(3)28)8-13(12)17)5-15(25-27)11-4-14(19(20,21)22)18(23)24-6-11/h4-6,9,12-13,17H,7-8H2,1-3H3,(H2,23,24)/t12-,13+,17-. The van der Waals surface area contributed by atoms with Gasteiger partial charge in [-0.15, -0.1) is 0 Å². The SMILES string of the molecule is CC(=O)N1C[C@@H]2[C@H](C1)[C@@H]2c1cc(-c2cnc(N)c(C(F)(F)F)c2)nn1C(C)C. The molecule has 0 bridgehead atoms. The summed E-state index contributed by atoms with van der Waals surface area (Å²) in [6, 6.07) is 2.93. The number of anilines is 1. The molecule has 150 valence electrons. The van der Waals surface area contributed by atoms with Crippen molar-refractivity contribution in [3.8, 4) is 11.3 Å². The molecule has 2 N–H and O–H groups in total. The fraction of sp³-hybridized carbons (Fsp3) is 0.526. The average Bonchev–Trinajstić information content (AvgIpc) is 2.99. The van der Waals surface area contributed by atoms with Gasteiger partial charge in [0.2, 0.25) is 5.91 Å². The van der Waals surface area contributed by atoms with Gasteiger partial charge in [-0.05, 0) is 37.8 Å². The number of aromatic nitrogens is 3. The van der Waals surface area contributed by atoms with E-state index in [1.807, 2.05) is 29.5 Å². The zero-order valence-electron chi connectivity index (χ0n) is 15.9. The van der Waals surface area contributed by atoms with Gasteiger partial charge in [0.15, 0.2) is 0 Å². The lowest BCUT2D eigenvalue weighted by molar-refractivity contribution is -0.137. The van der Waals surface area contributed by atoms with Gasteiger partial charge >= 0.3 is 6.18 Å². The van der Waals surface area contributed by atoms with Crippen LogP contribution in [-0.2, 0) is 11.0 Å². The smallest absolute Gasteiger partial charge is 0.383 e. The lowest BCUT2D eigenvalue weighted by atomic mass is 10.1. The highest BCUT2D eigenvalue weighted by atomic mass is 19.4. The van der Waals surface area contributed by atoms with E-state index in [-0.39, 0.29) is 17.9 Å². The molecule has 2 fully saturated rings. The molecule has 6 nitrogen and oxygen atoms in total. The number of likely N-dealkylation sites (tertiary alicyclic amines) is 1. The van der Waals surface area contributed by atoms with Crippen LogP contribution in [0.3, 0.4) is 0 Å². The maximum absolute atomic E-state index is 13.2. The topological polar surface area (TPSA) is 77.0 Å². The molecule has 2 aromatic rings. The number of carbonyl (C=O) groups is 1. The molecular weight excluding hydrogens is 371 g/mol. The molecule has 0 unspecified atom stereocenters. The van der Waals surface area contributed by atoms with E-state index in [4.69, 9.17) is 5.73 Å². The van der Waals surface area contributed by atoms with Gasteiger partial charge in [-0.25, -0.2) is 4.98 Å². The number of nitrogen functional groups attached to an aromatic ring is 1. The average molecular weight is 393 g/mol. The van der Waals surface area contributed by atoms with Gasteiger partial charge in [-0.3, -0.25) is 9.48 Å². The Morgan fingerprint density at radius 3 is 2.43 bits per heavy atom. The molecular formula is C19H22F3N5O. The van der Waals surface area contributed by atoms with Crippen LogP contribution in [0.5, 0.6) is 0 Å². The third-order valence-corrected chi connectivity index (χ3v) is 5.75. The Hall–Kier alpha value is -2.58. The number of hydrogen-bond acceptors (Lipinski definition) is 4. The summed E-state index contributed by atoms with van der Waals surface area (Å²) in [5.41, 5.74) is 6.20. The van der Waals surface area contributed by atoms with Gasteiger partial charge in [0.05, 0.1) is 11.3 Å². The van der Waals surface area contributed by atoms with Crippen molar-refractivity contribution < 1.29 is 18.0 Å². The van der Waals surface area contributed by atoms with Gasteiger partial charge in [-0.2, -0.15) is 18.3 Å². The molecule has 2 aromatic heterocycles. The van der Waals surface area contributed by atoms with E-state index in [2.05, 4.69) is 10.1 Å². The lowest BCUT2D eigenvalue weighted by Crippen LogP contribution is -2.29. The summed E-state index contributed by atoms with van der Waals surface area (Å²) in [6.45, 7) is 7.00. The minimum Gasteiger partial charge on any atom is -0.383 e. The Morgan fingerprint density at radius 1 is 1.25 bits per heavy atom. The Balaban J connectivity index is 1.67. The fourth-order valence-corrected chi connectivity index (χ4v) is 4.28. The van der Waals surface area contributed by atoms with E-state index in [0.717, 1.165) is 24.8 Å². The number of pyridine rings is 1. The van der Waals surface area contributed by atoms with Crippen LogP contribution in [0.2, 0.25) is 0 Å². The van der Waals surface area contributed by atoms with E-state index in [1.54, 1.807) is 6.92 Å². The summed E-state index contributed by atoms with van der Waals surface area (Å²) in [4.78, 5) is 17.1. The normalized spacial score (nSPS) is 24.0. The summed E-state index contributed by atoms with van der Waals surface area (Å²) in [7, 11) is 0. The van der Waals surface area contributed by atoms with Crippen molar-refractivity contribution in [3.05, 3.63) is 29.6 Å². The summed E-state index contributed by atoms with van der Waals surface area (Å²) < 4.78 is 41.4. The Kier molecular flexibility index (Phi) is 4.17. The van der Waals surface area contributed by atoms with Crippen LogP contribution in [0, 0.1) is 11.8 Å². The molecule has 4 rings (SSSR count). The number of rotatable bonds is 3. The molecule has 9 heteroatoms. The fourth-order valence-electron chi connectivity index (χ4n) is 4.28. The minimum absolute atomic E-state index is 0.0674. The van der Waals surface area contributed by atoms with Crippen molar-refractivity contribution in [1.29, 1.82) is 0 Å². The van der Waals surface area contributed by atoms with Crippen molar-refractivity contribution in [2.24, 2.45) is 11.8 Å². The van der Waals surface area contributed by atoms with Gasteiger partial charge in [0.25, 0.3) is 0 Å². The number of nitrogens with two attached hydrogens (primary N) is 1. The van der Waals surface area contributed by atoms with Crippen LogP contribution in [0.15, 0.2) is 18.3 Å². The predicted molar refractivity (Wildman–Crippen MR) is 97.2 cm³/mol. The first-order valence-electron chi connectivity index (χ1n) is 9.26. The van der Waals surface area contributed by atoms with E-state index >= 15 is 0 Å². The third-order valence-electron chi connectivity index (χ3n) is 5.75. The van der Waals surface area contributed by atoms with Crippen molar-refractivity contribution in [3.63, 3.8) is 0 Å².